The molecule has 8 nitrogen and oxygen atoms in total. The zero-order chi connectivity index (χ0) is 21.3. The first-order chi connectivity index (χ1) is 14.4. The van der Waals surface area contributed by atoms with Gasteiger partial charge in [-0.1, -0.05) is 0 Å². The Hall–Kier alpha value is -1.97. The minimum atomic E-state index is -0.464. The number of carbonyl (C=O) groups is 3. The fourth-order valence-electron chi connectivity index (χ4n) is 4.70. The van der Waals surface area contributed by atoms with Crippen molar-refractivity contribution in [2.24, 2.45) is 5.73 Å². The third kappa shape index (κ3) is 4.38. The van der Waals surface area contributed by atoms with Gasteiger partial charge in [-0.05, 0) is 44.6 Å². The Labute approximate surface area is 181 Å². The van der Waals surface area contributed by atoms with Gasteiger partial charge in [0, 0.05) is 44.1 Å². The van der Waals surface area contributed by atoms with Crippen LogP contribution in [0.1, 0.15) is 47.0 Å². The number of nitrogens with two attached hydrogens (primary N) is 1. The van der Waals surface area contributed by atoms with E-state index < -0.39 is 5.91 Å². The minimum absolute atomic E-state index is 0.112. The SMILES string of the molecule is C[C@@H](C(=O)Nc1sc2c(c1C(N)=O)CCC2)N1CCN(CC(=O)N2CCCC2)CC1. The number of hydrogen-bond acceptors (Lipinski definition) is 6. The van der Waals surface area contributed by atoms with E-state index in [0.29, 0.717) is 17.1 Å². The molecule has 0 bridgehead atoms. The molecule has 1 aromatic heterocycles. The Balaban J connectivity index is 1.30. The molecule has 0 unspecified atom stereocenters. The zero-order valence-electron chi connectivity index (χ0n) is 17.6. The van der Waals surface area contributed by atoms with Crippen molar-refractivity contribution >= 4 is 34.1 Å². The summed E-state index contributed by atoms with van der Waals surface area (Å²) < 4.78 is 0. The fraction of sp³-hybridized carbons (Fsp3) is 0.667. The molecule has 9 heteroatoms. The Morgan fingerprint density at radius 3 is 2.40 bits per heavy atom. The van der Waals surface area contributed by atoms with Gasteiger partial charge >= 0.3 is 0 Å². The number of primary amides is 1. The molecule has 0 aromatic carbocycles. The van der Waals surface area contributed by atoms with E-state index in [1.54, 1.807) is 0 Å². The molecule has 3 N–H and O–H groups in total. The number of aryl methyl sites for hydroxylation is 1. The van der Waals surface area contributed by atoms with Crippen LogP contribution in [0.5, 0.6) is 0 Å². The summed E-state index contributed by atoms with van der Waals surface area (Å²) in [7, 11) is 0. The number of amides is 3. The summed E-state index contributed by atoms with van der Waals surface area (Å²) in [5.74, 6) is -0.357. The lowest BCUT2D eigenvalue weighted by atomic mass is 10.1. The van der Waals surface area contributed by atoms with E-state index in [4.69, 9.17) is 5.73 Å². The maximum Gasteiger partial charge on any atom is 0.251 e. The molecular weight excluding hydrogens is 402 g/mol. The van der Waals surface area contributed by atoms with Gasteiger partial charge in [0.2, 0.25) is 11.8 Å². The van der Waals surface area contributed by atoms with Crippen molar-refractivity contribution in [2.45, 2.75) is 45.1 Å². The molecule has 3 amide bonds. The highest BCUT2D eigenvalue weighted by Crippen LogP contribution is 2.38. The van der Waals surface area contributed by atoms with E-state index in [1.807, 2.05) is 11.8 Å². The Bertz CT molecular complexity index is 825. The number of likely N-dealkylation sites (tertiary alicyclic amines) is 1. The second kappa shape index (κ2) is 9.03. The standard InChI is InChI=1S/C21H31N5O3S/c1-14(20(29)23-21-18(19(22)28)15-5-4-6-16(15)30-21)25-11-9-24(10-12-25)13-17(27)26-7-2-3-8-26/h14H,2-13H2,1H3,(H2,22,28)(H,23,29)/t14-/m0/s1. The lowest BCUT2D eigenvalue weighted by molar-refractivity contribution is -0.132. The van der Waals surface area contributed by atoms with E-state index in [1.165, 1.54) is 16.2 Å². The summed E-state index contributed by atoms with van der Waals surface area (Å²) in [6.45, 7) is 7.17. The van der Waals surface area contributed by atoms with Crippen LogP contribution in [0.25, 0.3) is 0 Å². The minimum Gasteiger partial charge on any atom is -0.365 e. The highest BCUT2D eigenvalue weighted by molar-refractivity contribution is 7.17. The lowest BCUT2D eigenvalue weighted by Crippen LogP contribution is -2.54. The van der Waals surface area contributed by atoms with Crippen LogP contribution in [0, 0.1) is 0 Å². The van der Waals surface area contributed by atoms with Crippen LogP contribution in [0.15, 0.2) is 0 Å². The van der Waals surface area contributed by atoms with Crippen LogP contribution >= 0.6 is 11.3 Å². The fourth-order valence-corrected chi connectivity index (χ4v) is 6.00. The molecule has 1 aliphatic carbocycles. The predicted molar refractivity (Wildman–Crippen MR) is 117 cm³/mol. The predicted octanol–water partition coefficient (Wildman–Crippen LogP) is 0.903. The number of nitrogens with one attached hydrogen (secondary N) is 1. The van der Waals surface area contributed by atoms with Crippen molar-refractivity contribution in [3.8, 4) is 0 Å². The maximum atomic E-state index is 12.9. The molecule has 0 radical (unpaired) electrons. The number of thiophene rings is 1. The van der Waals surface area contributed by atoms with Crippen LogP contribution in [0.4, 0.5) is 5.00 Å². The Morgan fingerprint density at radius 2 is 1.73 bits per heavy atom. The van der Waals surface area contributed by atoms with Crippen LogP contribution in [-0.2, 0) is 22.4 Å². The summed E-state index contributed by atoms with van der Waals surface area (Å²) in [5, 5.41) is 3.56. The molecule has 1 atom stereocenters. The van der Waals surface area contributed by atoms with Gasteiger partial charge in [-0.25, -0.2) is 0 Å². The van der Waals surface area contributed by atoms with Crippen molar-refractivity contribution in [2.75, 3.05) is 51.1 Å². The normalized spacial score (nSPS) is 20.9. The molecule has 2 fully saturated rings. The number of rotatable bonds is 6. The summed E-state index contributed by atoms with van der Waals surface area (Å²) in [6.07, 6.45) is 5.06. The zero-order valence-corrected chi connectivity index (χ0v) is 18.4. The van der Waals surface area contributed by atoms with Crippen molar-refractivity contribution < 1.29 is 14.4 Å². The summed E-state index contributed by atoms with van der Waals surface area (Å²) >= 11 is 1.49. The molecule has 30 heavy (non-hydrogen) atoms. The average Bonchev–Trinajstić information content (AvgIpc) is 3.45. The lowest BCUT2D eigenvalue weighted by Gasteiger charge is -2.37. The smallest absolute Gasteiger partial charge is 0.251 e. The van der Waals surface area contributed by atoms with Gasteiger partial charge in [-0.2, -0.15) is 0 Å². The van der Waals surface area contributed by atoms with Crippen LogP contribution in [0.3, 0.4) is 0 Å². The molecule has 3 aliphatic rings. The first kappa shape index (κ1) is 21.3. The van der Waals surface area contributed by atoms with E-state index in [-0.39, 0.29) is 17.9 Å². The Morgan fingerprint density at radius 1 is 1.03 bits per heavy atom. The van der Waals surface area contributed by atoms with Crippen molar-refractivity contribution in [3.63, 3.8) is 0 Å². The van der Waals surface area contributed by atoms with Crippen molar-refractivity contribution in [3.05, 3.63) is 16.0 Å². The largest absolute Gasteiger partial charge is 0.365 e. The number of hydrogen-bond donors (Lipinski definition) is 2. The highest BCUT2D eigenvalue weighted by atomic mass is 32.1. The van der Waals surface area contributed by atoms with E-state index >= 15 is 0 Å². The van der Waals surface area contributed by atoms with Gasteiger partial charge in [0.1, 0.15) is 5.00 Å². The van der Waals surface area contributed by atoms with Gasteiger partial charge < -0.3 is 16.0 Å². The van der Waals surface area contributed by atoms with Gasteiger partial charge in [0.05, 0.1) is 18.2 Å². The second-order valence-corrected chi connectivity index (χ2v) is 9.60. The third-order valence-electron chi connectivity index (χ3n) is 6.56. The summed E-state index contributed by atoms with van der Waals surface area (Å²) in [5.41, 5.74) is 7.11. The van der Waals surface area contributed by atoms with Gasteiger partial charge in [-0.3, -0.25) is 24.2 Å². The maximum absolute atomic E-state index is 12.9. The number of nitrogens with zero attached hydrogens (tertiary/aromatic N) is 3. The van der Waals surface area contributed by atoms with Gasteiger partial charge in [0.25, 0.3) is 5.91 Å². The Kier molecular flexibility index (Phi) is 6.40. The highest BCUT2D eigenvalue weighted by Gasteiger charge is 2.30. The monoisotopic (exact) mass is 433 g/mol. The molecule has 0 saturated carbocycles. The third-order valence-corrected chi connectivity index (χ3v) is 7.76. The van der Waals surface area contributed by atoms with Gasteiger partial charge in [0.15, 0.2) is 0 Å². The molecule has 1 aromatic rings. The quantitative estimate of drug-likeness (QED) is 0.695. The molecular formula is C21H31N5O3S. The van der Waals surface area contributed by atoms with Crippen LogP contribution in [0.2, 0.25) is 0 Å². The summed E-state index contributed by atoms with van der Waals surface area (Å²) in [4.78, 5) is 44.6. The molecule has 2 aliphatic heterocycles. The number of fused-ring (bicyclic) bond motifs is 1. The number of piperazine rings is 1. The molecule has 0 spiro atoms. The second-order valence-electron chi connectivity index (χ2n) is 8.49. The van der Waals surface area contributed by atoms with Crippen molar-refractivity contribution in [1.29, 1.82) is 0 Å². The molecule has 164 valence electrons. The molecule has 2 saturated heterocycles. The first-order valence-corrected chi connectivity index (χ1v) is 11.7. The van der Waals surface area contributed by atoms with Crippen LogP contribution < -0.4 is 11.1 Å². The molecule has 4 rings (SSSR count). The van der Waals surface area contributed by atoms with E-state index in [2.05, 4.69) is 15.1 Å². The topological polar surface area (TPSA) is 99.0 Å². The van der Waals surface area contributed by atoms with E-state index in [0.717, 1.165) is 76.9 Å². The number of carbonyl (C=O) groups excluding carboxylic acids is 3. The number of anilines is 1. The van der Waals surface area contributed by atoms with E-state index in [9.17, 15) is 14.4 Å². The molecule has 3 heterocycles. The first-order valence-electron chi connectivity index (χ1n) is 10.9. The van der Waals surface area contributed by atoms with Gasteiger partial charge in [-0.15, -0.1) is 11.3 Å². The summed E-state index contributed by atoms with van der Waals surface area (Å²) in [6, 6.07) is -0.306. The van der Waals surface area contributed by atoms with Crippen LogP contribution in [-0.4, -0.2) is 84.3 Å². The van der Waals surface area contributed by atoms with Crippen molar-refractivity contribution in [1.82, 2.24) is 14.7 Å². The average molecular weight is 434 g/mol.